The number of quaternary nitrogens is 1. The number of pyridine rings is 1. The summed E-state index contributed by atoms with van der Waals surface area (Å²) in [6, 6.07) is 9.25. The largest absolute Gasteiger partial charge is 0.379 e. The van der Waals surface area contributed by atoms with Gasteiger partial charge in [0.1, 0.15) is 19.1 Å². The van der Waals surface area contributed by atoms with Gasteiger partial charge in [-0.2, -0.15) is 4.65 Å². The van der Waals surface area contributed by atoms with Gasteiger partial charge in [-0.1, -0.05) is 31.2 Å². The van der Waals surface area contributed by atoms with Gasteiger partial charge in [0, 0.05) is 44.8 Å². The molecule has 2 saturated carbocycles. The fourth-order valence-corrected chi connectivity index (χ4v) is 9.64. The van der Waals surface area contributed by atoms with Gasteiger partial charge < -0.3 is 14.2 Å². The van der Waals surface area contributed by atoms with Gasteiger partial charge in [0.15, 0.2) is 0 Å². The van der Waals surface area contributed by atoms with Crippen molar-refractivity contribution in [2.24, 2.45) is 11.3 Å². The summed E-state index contributed by atoms with van der Waals surface area (Å²) in [5.74, 6) is 1.02. The maximum atomic E-state index is 11.9. The molecule has 40 heavy (non-hydrogen) atoms. The first-order chi connectivity index (χ1) is 19.4. The van der Waals surface area contributed by atoms with Crippen LogP contribution in [0.15, 0.2) is 60.0 Å². The van der Waals surface area contributed by atoms with Crippen LogP contribution in [0.25, 0.3) is 10.8 Å². The van der Waals surface area contributed by atoms with Gasteiger partial charge in [-0.15, -0.1) is 0 Å². The van der Waals surface area contributed by atoms with Crippen LogP contribution >= 0.6 is 0 Å². The molecule has 214 valence electrons. The van der Waals surface area contributed by atoms with Crippen molar-refractivity contribution in [3.63, 3.8) is 0 Å². The molecule has 2 spiro atoms. The minimum absolute atomic E-state index is 0.00973. The molecule has 2 bridgehead atoms. The molecule has 0 radical (unpaired) electrons. The molecule has 6 unspecified atom stereocenters. The lowest BCUT2D eigenvalue weighted by Gasteiger charge is -2.55. The molecule has 6 nitrogen and oxygen atoms in total. The second-order valence-corrected chi connectivity index (χ2v) is 13.5. The van der Waals surface area contributed by atoms with Gasteiger partial charge in [0.25, 0.3) is 0 Å². The van der Waals surface area contributed by atoms with Crippen molar-refractivity contribution in [1.82, 2.24) is 4.98 Å². The van der Waals surface area contributed by atoms with E-state index < -0.39 is 0 Å². The van der Waals surface area contributed by atoms with E-state index in [2.05, 4.69) is 48.3 Å². The van der Waals surface area contributed by atoms with Crippen LogP contribution < -0.4 is 0 Å². The highest BCUT2D eigenvalue weighted by atomic mass is 16.6. The number of hydroxylamine groups is 3. The summed E-state index contributed by atoms with van der Waals surface area (Å²) in [5.41, 5.74) is 4.08. The Balaban J connectivity index is 1.20. The highest BCUT2D eigenvalue weighted by molar-refractivity contribution is 5.82. The Morgan fingerprint density at radius 3 is 2.67 bits per heavy atom. The van der Waals surface area contributed by atoms with E-state index in [4.69, 9.17) is 14.2 Å². The van der Waals surface area contributed by atoms with Crippen molar-refractivity contribution in [3.8, 4) is 0 Å². The van der Waals surface area contributed by atoms with Crippen LogP contribution in [0.2, 0.25) is 0 Å². The summed E-state index contributed by atoms with van der Waals surface area (Å²) in [7, 11) is 3.42. The number of fused-ring (bicyclic) bond motifs is 2. The molecule has 6 heteroatoms. The van der Waals surface area contributed by atoms with E-state index in [1.54, 1.807) is 14.2 Å². The lowest BCUT2D eigenvalue weighted by molar-refractivity contribution is -1.12. The molecule has 3 heterocycles. The van der Waals surface area contributed by atoms with Crippen LogP contribution in [0.3, 0.4) is 0 Å². The standard InChI is InChI=1S/C34H45N2O4/c1-32-12-10-28-21-27-6-7-29(36(37,16-18-38-2)17-19-39-3)22-33(27)13-14-34(28,40-33)31(32)9-8-30(32)25-5-4-24-11-15-35-23-26(24)20-25/h4-5,10-11,15,20-21,23,29-31,37H,6-9,12-14,16-19,22H2,1-3H3/q+1. The zero-order chi connectivity index (χ0) is 27.6. The molecule has 3 fully saturated rings. The Bertz CT molecular complexity index is 1350. The Kier molecular flexibility index (Phi) is 6.52. The summed E-state index contributed by atoms with van der Waals surface area (Å²) in [6.07, 6.45) is 17.5. The molecular formula is C34H45N2O4+. The van der Waals surface area contributed by atoms with Crippen LogP contribution in [0, 0.1) is 11.3 Å². The van der Waals surface area contributed by atoms with E-state index in [0.717, 1.165) is 38.5 Å². The number of ether oxygens (including phenoxy) is 3. The quantitative estimate of drug-likeness (QED) is 0.310. The van der Waals surface area contributed by atoms with Gasteiger partial charge in [-0.05, 0) is 90.0 Å². The highest BCUT2D eigenvalue weighted by Gasteiger charge is 2.67. The van der Waals surface area contributed by atoms with Crippen molar-refractivity contribution in [2.45, 2.75) is 81.5 Å². The second-order valence-electron chi connectivity index (χ2n) is 13.5. The Hall–Kier alpha value is -2.09. The number of aromatic nitrogens is 1. The van der Waals surface area contributed by atoms with Crippen LogP contribution in [0.4, 0.5) is 0 Å². The fraction of sp³-hybridized carbons (Fsp3) is 0.618. The number of hydrogen-bond acceptors (Lipinski definition) is 5. The van der Waals surface area contributed by atoms with Crippen molar-refractivity contribution in [1.29, 1.82) is 0 Å². The minimum atomic E-state index is -0.252. The lowest BCUT2D eigenvalue weighted by atomic mass is 9.58. The fourth-order valence-electron chi connectivity index (χ4n) is 9.64. The molecule has 2 aromatic rings. The summed E-state index contributed by atoms with van der Waals surface area (Å²) >= 11 is 0. The molecule has 5 aliphatic rings. The smallest absolute Gasteiger partial charge is 0.132 e. The van der Waals surface area contributed by atoms with Crippen LogP contribution in [-0.2, 0) is 14.2 Å². The topological polar surface area (TPSA) is 60.8 Å². The van der Waals surface area contributed by atoms with Crippen LogP contribution in [0.5, 0.6) is 0 Å². The molecule has 3 aliphatic carbocycles. The predicted octanol–water partition coefficient (Wildman–Crippen LogP) is 6.34. The van der Waals surface area contributed by atoms with E-state index in [1.807, 2.05) is 12.4 Å². The van der Waals surface area contributed by atoms with E-state index in [-0.39, 0.29) is 27.3 Å². The summed E-state index contributed by atoms with van der Waals surface area (Å²) < 4.78 is 18.3. The number of benzene rings is 1. The monoisotopic (exact) mass is 545 g/mol. The number of methoxy groups -OCH3 is 2. The highest BCUT2D eigenvalue weighted by Crippen LogP contribution is 2.69. The first kappa shape index (κ1) is 26.8. The molecule has 6 atom stereocenters. The third kappa shape index (κ3) is 3.90. The van der Waals surface area contributed by atoms with Crippen molar-refractivity contribution in [3.05, 3.63) is 65.5 Å². The third-order valence-corrected chi connectivity index (χ3v) is 11.8. The van der Waals surface area contributed by atoms with E-state index in [0.29, 0.717) is 38.1 Å². The van der Waals surface area contributed by atoms with Crippen molar-refractivity contribution < 1.29 is 24.1 Å². The van der Waals surface area contributed by atoms with Gasteiger partial charge >= 0.3 is 0 Å². The molecule has 0 amide bonds. The van der Waals surface area contributed by atoms with Gasteiger partial charge in [-0.3, -0.25) is 4.98 Å². The van der Waals surface area contributed by atoms with Gasteiger partial charge in [-0.25, -0.2) is 5.21 Å². The summed E-state index contributed by atoms with van der Waals surface area (Å²) in [5, 5.41) is 14.4. The Morgan fingerprint density at radius 2 is 1.88 bits per heavy atom. The molecular weight excluding hydrogens is 500 g/mol. The summed E-state index contributed by atoms with van der Waals surface area (Å²) in [6.45, 7) is 4.78. The van der Waals surface area contributed by atoms with E-state index >= 15 is 0 Å². The minimum Gasteiger partial charge on any atom is -0.379 e. The first-order valence-corrected chi connectivity index (χ1v) is 15.4. The van der Waals surface area contributed by atoms with E-state index in [1.165, 1.54) is 40.3 Å². The molecule has 2 aliphatic heterocycles. The number of nitrogens with zero attached hydrogens (tertiary/aromatic N) is 2. The first-order valence-electron chi connectivity index (χ1n) is 15.4. The number of allylic oxidation sites excluding steroid dienone is 1. The average Bonchev–Trinajstić information content (AvgIpc) is 3.49. The Labute approximate surface area is 238 Å². The summed E-state index contributed by atoms with van der Waals surface area (Å²) in [4.78, 5) is 4.39. The lowest BCUT2D eigenvalue weighted by Crippen LogP contribution is -2.61. The predicted molar refractivity (Wildman–Crippen MR) is 155 cm³/mol. The third-order valence-electron chi connectivity index (χ3n) is 11.8. The Morgan fingerprint density at radius 1 is 1.05 bits per heavy atom. The average molecular weight is 546 g/mol. The van der Waals surface area contributed by atoms with Crippen LogP contribution in [-0.4, -0.2) is 72.6 Å². The van der Waals surface area contributed by atoms with Gasteiger partial charge in [0.05, 0.1) is 24.4 Å². The maximum Gasteiger partial charge on any atom is 0.132 e. The molecule has 1 N–H and O–H groups in total. The number of rotatable bonds is 8. The molecule has 1 aromatic heterocycles. The zero-order valence-electron chi connectivity index (χ0n) is 24.4. The van der Waals surface area contributed by atoms with Crippen LogP contribution in [0.1, 0.15) is 69.8 Å². The molecule has 1 aromatic carbocycles. The van der Waals surface area contributed by atoms with E-state index in [9.17, 15) is 5.21 Å². The number of hydrogen-bond donors (Lipinski definition) is 1. The maximum absolute atomic E-state index is 11.9. The zero-order valence-corrected chi connectivity index (χ0v) is 24.4. The van der Waals surface area contributed by atoms with Crippen molar-refractivity contribution in [2.75, 3.05) is 40.5 Å². The SMILES string of the molecule is COCC[N+](O)(CCOC)C1CCC2=CC3=CCC4(C)C(c5ccc6ccncc6c5)CCC4C34CCC2(C1)O4. The second kappa shape index (κ2) is 9.74. The molecule has 7 rings (SSSR count). The molecule has 1 saturated heterocycles. The normalized spacial score (nSPS) is 36.5. The van der Waals surface area contributed by atoms with Crippen molar-refractivity contribution >= 4 is 10.8 Å². The van der Waals surface area contributed by atoms with Gasteiger partial charge in [0.2, 0.25) is 0 Å².